The Hall–Kier alpha value is -4.04. The van der Waals surface area contributed by atoms with Crippen LogP contribution in [0.5, 0.6) is 5.75 Å². The number of hydrogen-bond donors (Lipinski definition) is 0. The number of carbonyl (C=O) groups is 1. The third-order valence-electron chi connectivity index (χ3n) is 5.96. The zero-order valence-corrected chi connectivity index (χ0v) is 20.2. The summed E-state index contributed by atoms with van der Waals surface area (Å²) >= 11 is 0. The molecule has 1 aliphatic rings. The van der Waals surface area contributed by atoms with Crippen molar-refractivity contribution < 1.29 is 19.0 Å². The van der Waals surface area contributed by atoms with E-state index in [9.17, 15) is 4.79 Å². The van der Waals surface area contributed by atoms with E-state index >= 15 is 0 Å². The molecule has 4 heterocycles. The summed E-state index contributed by atoms with van der Waals surface area (Å²) in [5, 5.41) is 4.46. The normalized spacial score (nSPS) is 15.4. The SMILES string of the molecule is CCOC(=O)c1cccc(-c2cccc(COc3ccc(-c4ccnn4C4CCCCO4)nc3)c2)n1. The molecule has 8 heteroatoms. The van der Waals surface area contributed by atoms with Crippen molar-refractivity contribution in [1.29, 1.82) is 0 Å². The smallest absolute Gasteiger partial charge is 0.356 e. The van der Waals surface area contributed by atoms with Gasteiger partial charge in [0, 0.05) is 18.4 Å². The molecule has 36 heavy (non-hydrogen) atoms. The Balaban J connectivity index is 1.25. The van der Waals surface area contributed by atoms with Crippen molar-refractivity contribution in [2.75, 3.05) is 13.2 Å². The lowest BCUT2D eigenvalue weighted by Crippen LogP contribution is -2.20. The summed E-state index contributed by atoms with van der Waals surface area (Å²) in [6, 6.07) is 19.0. The maximum absolute atomic E-state index is 12.0. The van der Waals surface area contributed by atoms with Crippen molar-refractivity contribution in [1.82, 2.24) is 19.7 Å². The number of ether oxygens (including phenoxy) is 3. The van der Waals surface area contributed by atoms with Gasteiger partial charge in [-0.15, -0.1) is 0 Å². The Bertz CT molecular complexity index is 1310. The van der Waals surface area contributed by atoms with Crippen molar-refractivity contribution >= 4 is 5.97 Å². The van der Waals surface area contributed by atoms with Crippen molar-refractivity contribution in [2.45, 2.75) is 39.0 Å². The van der Waals surface area contributed by atoms with Gasteiger partial charge in [0.1, 0.15) is 18.1 Å². The van der Waals surface area contributed by atoms with Crippen LogP contribution in [0.1, 0.15) is 48.5 Å². The first-order valence-electron chi connectivity index (χ1n) is 12.2. The summed E-state index contributed by atoms with van der Waals surface area (Å²) in [7, 11) is 0. The second-order valence-electron chi connectivity index (χ2n) is 8.48. The Morgan fingerprint density at radius 1 is 1.08 bits per heavy atom. The van der Waals surface area contributed by atoms with Gasteiger partial charge < -0.3 is 14.2 Å². The lowest BCUT2D eigenvalue weighted by Gasteiger charge is -2.24. The molecule has 4 aromatic rings. The molecule has 0 bridgehead atoms. The second-order valence-corrected chi connectivity index (χ2v) is 8.48. The van der Waals surface area contributed by atoms with E-state index in [-0.39, 0.29) is 6.23 Å². The molecule has 0 N–H and O–H groups in total. The lowest BCUT2D eigenvalue weighted by atomic mass is 10.1. The topological polar surface area (TPSA) is 88.4 Å². The number of esters is 1. The number of carbonyl (C=O) groups excluding carboxylic acids is 1. The first-order valence-corrected chi connectivity index (χ1v) is 12.2. The van der Waals surface area contributed by atoms with E-state index in [2.05, 4.69) is 15.1 Å². The zero-order chi connectivity index (χ0) is 24.7. The molecule has 1 atom stereocenters. The van der Waals surface area contributed by atoms with Gasteiger partial charge >= 0.3 is 5.97 Å². The highest BCUT2D eigenvalue weighted by Crippen LogP contribution is 2.28. The van der Waals surface area contributed by atoms with Crippen molar-refractivity contribution in [3.8, 4) is 28.4 Å². The van der Waals surface area contributed by atoms with Crippen molar-refractivity contribution in [3.63, 3.8) is 0 Å². The van der Waals surface area contributed by atoms with E-state index < -0.39 is 5.97 Å². The average Bonchev–Trinajstić information content (AvgIpc) is 3.43. The van der Waals surface area contributed by atoms with E-state index in [4.69, 9.17) is 14.2 Å². The van der Waals surface area contributed by atoms with E-state index in [0.717, 1.165) is 48.4 Å². The minimum atomic E-state index is -0.427. The molecule has 1 aliphatic heterocycles. The summed E-state index contributed by atoms with van der Waals surface area (Å²) in [6.07, 6.45) is 6.65. The first kappa shape index (κ1) is 23.7. The quantitative estimate of drug-likeness (QED) is 0.307. The van der Waals surface area contributed by atoms with Crippen LogP contribution in [0, 0.1) is 0 Å². The second kappa shape index (κ2) is 11.1. The highest BCUT2D eigenvalue weighted by molar-refractivity contribution is 5.87. The number of nitrogens with zero attached hydrogens (tertiary/aromatic N) is 4. The Kier molecular flexibility index (Phi) is 7.33. The molecule has 3 aromatic heterocycles. The lowest BCUT2D eigenvalue weighted by molar-refractivity contribution is -0.0384. The van der Waals surface area contributed by atoms with Crippen LogP contribution in [0.4, 0.5) is 0 Å². The van der Waals surface area contributed by atoms with E-state index in [0.29, 0.717) is 30.4 Å². The molecule has 1 fully saturated rings. The fourth-order valence-corrected chi connectivity index (χ4v) is 4.18. The van der Waals surface area contributed by atoms with Gasteiger partial charge in [-0.2, -0.15) is 5.10 Å². The molecule has 0 spiro atoms. The summed E-state index contributed by atoms with van der Waals surface area (Å²) in [5.41, 5.74) is 4.62. The molecule has 8 nitrogen and oxygen atoms in total. The zero-order valence-electron chi connectivity index (χ0n) is 20.2. The van der Waals surface area contributed by atoms with Gasteiger partial charge in [0.2, 0.25) is 0 Å². The van der Waals surface area contributed by atoms with Crippen LogP contribution in [0.25, 0.3) is 22.6 Å². The average molecular weight is 485 g/mol. The molecular weight excluding hydrogens is 456 g/mol. The Morgan fingerprint density at radius 2 is 2.00 bits per heavy atom. The van der Waals surface area contributed by atoms with Crippen LogP contribution >= 0.6 is 0 Å². The molecule has 0 radical (unpaired) electrons. The molecule has 1 saturated heterocycles. The molecule has 184 valence electrons. The minimum Gasteiger partial charge on any atom is -0.487 e. The van der Waals surface area contributed by atoms with Gasteiger partial charge in [-0.05, 0) is 68.1 Å². The Morgan fingerprint density at radius 3 is 2.81 bits per heavy atom. The molecule has 1 aromatic carbocycles. The summed E-state index contributed by atoms with van der Waals surface area (Å²) in [6.45, 7) is 3.22. The van der Waals surface area contributed by atoms with Gasteiger partial charge in [0.05, 0.1) is 29.9 Å². The van der Waals surface area contributed by atoms with E-state index in [1.807, 2.05) is 53.2 Å². The molecule has 0 aliphatic carbocycles. The largest absolute Gasteiger partial charge is 0.487 e. The number of rotatable bonds is 8. The van der Waals surface area contributed by atoms with Crippen LogP contribution in [0.15, 0.2) is 73.1 Å². The van der Waals surface area contributed by atoms with Crippen LogP contribution in [-0.4, -0.2) is 38.9 Å². The highest BCUT2D eigenvalue weighted by atomic mass is 16.5. The van der Waals surface area contributed by atoms with Gasteiger partial charge in [0.15, 0.2) is 6.23 Å². The Labute approximate surface area is 209 Å². The van der Waals surface area contributed by atoms with Crippen LogP contribution < -0.4 is 4.74 Å². The standard InChI is InChI=1S/C28H28N4O4/c1-2-34-28(33)25-10-6-9-23(31-25)21-8-5-7-20(17-21)19-36-22-12-13-24(29-18-22)26-14-15-30-32(26)27-11-3-4-16-35-27/h5-10,12-15,17-18,27H,2-4,11,16,19H2,1H3. The molecular formula is C28H28N4O4. The molecule has 5 rings (SSSR count). The number of hydrogen-bond acceptors (Lipinski definition) is 7. The predicted octanol–water partition coefficient (Wildman–Crippen LogP) is 5.46. The number of pyridine rings is 2. The number of benzene rings is 1. The van der Waals surface area contributed by atoms with Crippen molar-refractivity contribution in [2.24, 2.45) is 0 Å². The molecule has 1 unspecified atom stereocenters. The van der Waals surface area contributed by atoms with Gasteiger partial charge in [-0.25, -0.2) is 14.5 Å². The van der Waals surface area contributed by atoms with E-state index in [1.165, 1.54) is 0 Å². The van der Waals surface area contributed by atoms with E-state index in [1.54, 1.807) is 31.5 Å². The maximum atomic E-state index is 12.0. The number of aromatic nitrogens is 4. The fraction of sp³-hybridized carbons (Fsp3) is 0.286. The van der Waals surface area contributed by atoms with Crippen molar-refractivity contribution in [3.05, 3.63) is 84.3 Å². The van der Waals surface area contributed by atoms with Crippen LogP contribution in [0.2, 0.25) is 0 Å². The molecule has 0 amide bonds. The maximum Gasteiger partial charge on any atom is 0.356 e. The first-order chi connectivity index (χ1) is 17.7. The van der Waals surface area contributed by atoms with Crippen LogP contribution in [-0.2, 0) is 16.1 Å². The fourth-order valence-electron chi connectivity index (χ4n) is 4.18. The minimum absolute atomic E-state index is 0.0405. The summed E-state index contributed by atoms with van der Waals surface area (Å²) in [5.74, 6) is 0.246. The predicted molar refractivity (Wildman–Crippen MR) is 134 cm³/mol. The highest BCUT2D eigenvalue weighted by Gasteiger charge is 2.20. The van der Waals surface area contributed by atoms with Gasteiger partial charge in [-0.3, -0.25) is 4.98 Å². The molecule has 0 saturated carbocycles. The third-order valence-corrected chi connectivity index (χ3v) is 5.96. The van der Waals surface area contributed by atoms with Crippen LogP contribution in [0.3, 0.4) is 0 Å². The third kappa shape index (κ3) is 5.44. The summed E-state index contributed by atoms with van der Waals surface area (Å²) in [4.78, 5) is 21.1. The monoisotopic (exact) mass is 484 g/mol. The van der Waals surface area contributed by atoms with Gasteiger partial charge in [0.25, 0.3) is 0 Å². The van der Waals surface area contributed by atoms with Gasteiger partial charge in [-0.1, -0.05) is 24.3 Å². The summed E-state index contributed by atoms with van der Waals surface area (Å²) < 4.78 is 18.9.